The Kier molecular flexibility index (Phi) is 46.6. The summed E-state index contributed by atoms with van der Waals surface area (Å²) in [4.78, 5) is 38.0. The predicted octanol–water partition coefficient (Wildman–Crippen LogP) is 17.7. The van der Waals surface area contributed by atoms with E-state index < -0.39 is 6.10 Å². The normalized spacial score (nSPS) is 12.0. The first kappa shape index (κ1) is 59.4. The van der Waals surface area contributed by atoms with Gasteiger partial charge in [0.25, 0.3) is 0 Å². The largest absolute Gasteiger partial charge is 0.462 e. The Morgan fingerprint density at radius 1 is 0.311 bits per heavy atom. The number of carbonyl (C=O) groups excluding carboxylic acids is 3. The van der Waals surface area contributed by atoms with Gasteiger partial charge in [0.15, 0.2) is 6.10 Å². The summed E-state index contributed by atoms with van der Waals surface area (Å²) in [6.07, 6.45) is 49.4. The number of hydrogen-bond donors (Lipinski definition) is 0. The average Bonchev–Trinajstić information content (AvgIpc) is 3.23. The van der Waals surface area contributed by atoms with Crippen LogP contribution in [0.4, 0.5) is 0 Å². The van der Waals surface area contributed by atoms with Gasteiger partial charge in [-0.3, -0.25) is 14.4 Å². The molecule has 6 heteroatoms. The number of hydrogen-bond acceptors (Lipinski definition) is 6. The number of rotatable bonds is 49. The molecule has 0 rings (SSSR count). The van der Waals surface area contributed by atoms with Gasteiger partial charge in [0.05, 0.1) is 0 Å². The van der Waals surface area contributed by atoms with E-state index in [1.54, 1.807) is 0 Å². The highest BCUT2D eigenvalue weighted by molar-refractivity contribution is 5.71. The van der Waals surface area contributed by atoms with E-state index in [0.717, 1.165) is 69.6 Å². The van der Waals surface area contributed by atoms with E-state index in [1.165, 1.54) is 193 Å². The first-order valence-corrected chi connectivity index (χ1v) is 27.2. The third-order valence-electron chi connectivity index (χ3n) is 12.5. The Balaban J connectivity index is 4.31. The summed E-state index contributed by atoms with van der Waals surface area (Å²) >= 11 is 0. The second-order valence-electron chi connectivity index (χ2n) is 19.8. The maximum atomic E-state index is 12.8. The Bertz CT molecular complexity index is 931. The molecular formula is C55H106O6. The van der Waals surface area contributed by atoms with Gasteiger partial charge in [0, 0.05) is 19.3 Å². The lowest BCUT2D eigenvalue weighted by Crippen LogP contribution is -2.30. The standard InChI is InChI=1S/C55H106O6/c1-6-7-8-9-10-11-12-13-14-20-25-30-35-40-45-53(56)59-48-52(61-55(58)47-42-37-32-27-22-17-19-24-29-34-39-44-51(4)5)49-60-54(57)46-41-36-31-26-21-16-15-18-23-28-33-38-43-50(2)3/h50-52H,6-49H2,1-5H3/t52-/m1/s1. The summed E-state index contributed by atoms with van der Waals surface area (Å²) in [7, 11) is 0. The van der Waals surface area contributed by atoms with Gasteiger partial charge in [-0.2, -0.15) is 0 Å². The Hall–Kier alpha value is -1.59. The highest BCUT2D eigenvalue weighted by atomic mass is 16.6. The summed E-state index contributed by atoms with van der Waals surface area (Å²) < 4.78 is 16.8. The van der Waals surface area contributed by atoms with Crippen LogP contribution in [0.25, 0.3) is 0 Å². The maximum Gasteiger partial charge on any atom is 0.306 e. The van der Waals surface area contributed by atoms with E-state index in [0.29, 0.717) is 19.3 Å². The van der Waals surface area contributed by atoms with Crippen molar-refractivity contribution in [3.63, 3.8) is 0 Å². The zero-order chi connectivity index (χ0) is 44.7. The average molecular weight is 863 g/mol. The summed E-state index contributed by atoms with van der Waals surface area (Å²) in [5.74, 6) is 0.815. The molecule has 0 radical (unpaired) electrons. The molecule has 0 aromatic carbocycles. The minimum absolute atomic E-state index is 0.0632. The van der Waals surface area contributed by atoms with Crippen LogP contribution in [-0.4, -0.2) is 37.2 Å². The van der Waals surface area contributed by atoms with Gasteiger partial charge in [-0.15, -0.1) is 0 Å². The molecule has 0 amide bonds. The van der Waals surface area contributed by atoms with Crippen LogP contribution < -0.4 is 0 Å². The van der Waals surface area contributed by atoms with Crippen molar-refractivity contribution in [3.05, 3.63) is 0 Å². The number of esters is 3. The molecule has 0 spiro atoms. The molecule has 0 aromatic rings. The summed E-state index contributed by atoms with van der Waals surface area (Å²) in [5.41, 5.74) is 0. The molecular weight excluding hydrogens is 757 g/mol. The number of carbonyl (C=O) groups is 3. The molecule has 0 heterocycles. The third kappa shape index (κ3) is 49.3. The van der Waals surface area contributed by atoms with E-state index in [2.05, 4.69) is 34.6 Å². The van der Waals surface area contributed by atoms with Crippen molar-refractivity contribution >= 4 is 17.9 Å². The lowest BCUT2D eigenvalue weighted by Gasteiger charge is -2.18. The van der Waals surface area contributed by atoms with Crippen LogP contribution in [0.5, 0.6) is 0 Å². The monoisotopic (exact) mass is 863 g/mol. The zero-order valence-corrected chi connectivity index (χ0v) is 41.8. The van der Waals surface area contributed by atoms with Crippen LogP contribution in [0, 0.1) is 11.8 Å². The van der Waals surface area contributed by atoms with Gasteiger partial charge in [-0.1, -0.05) is 266 Å². The van der Waals surface area contributed by atoms with Gasteiger partial charge in [-0.05, 0) is 31.1 Å². The molecule has 0 fully saturated rings. The van der Waals surface area contributed by atoms with E-state index in [1.807, 2.05) is 0 Å². The Morgan fingerprint density at radius 2 is 0.541 bits per heavy atom. The van der Waals surface area contributed by atoms with E-state index >= 15 is 0 Å². The maximum absolute atomic E-state index is 12.8. The summed E-state index contributed by atoms with van der Waals surface area (Å²) in [6.45, 7) is 11.4. The molecule has 0 aliphatic carbocycles. The molecule has 0 N–H and O–H groups in total. The van der Waals surface area contributed by atoms with Crippen molar-refractivity contribution in [1.82, 2.24) is 0 Å². The van der Waals surface area contributed by atoms with Gasteiger partial charge in [0.1, 0.15) is 13.2 Å². The Morgan fingerprint density at radius 3 is 0.803 bits per heavy atom. The second-order valence-corrected chi connectivity index (χ2v) is 19.8. The predicted molar refractivity (Wildman–Crippen MR) is 261 cm³/mol. The molecule has 0 aliphatic rings. The molecule has 0 bridgehead atoms. The first-order chi connectivity index (χ1) is 29.7. The van der Waals surface area contributed by atoms with Crippen molar-refractivity contribution in [1.29, 1.82) is 0 Å². The molecule has 0 aliphatic heterocycles. The van der Waals surface area contributed by atoms with Crippen LogP contribution in [-0.2, 0) is 28.6 Å². The third-order valence-corrected chi connectivity index (χ3v) is 12.5. The molecule has 6 nitrogen and oxygen atoms in total. The molecule has 0 aromatic heterocycles. The molecule has 61 heavy (non-hydrogen) atoms. The fourth-order valence-corrected chi connectivity index (χ4v) is 8.34. The number of unbranched alkanes of at least 4 members (excludes halogenated alkanes) is 34. The minimum atomic E-state index is -0.762. The highest BCUT2D eigenvalue weighted by Crippen LogP contribution is 2.18. The van der Waals surface area contributed by atoms with Crippen molar-refractivity contribution in [2.75, 3.05) is 13.2 Å². The summed E-state index contributed by atoms with van der Waals surface area (Å²) in [5, 5.41) is 0. The van der Waals surface area contributed by atoms with Crippen LogP contribution in [0.1, 0.15) is 304 Å². The quantitative estimate of drug-likeness (QED) is 0.0344. The fraction of sp³-hybridized carbons (Fsp3) is 0.945. The fourth-order valence-electron chi connectivity index (χ4n) is 8.34. The first-order valence-electron chi connectivity index (χ1n) is 27.2. The molecule has 0 saturated heterocycles. The van der Waals surface area contributed by atoms with Crippen LogP contribution in [0.15, 0.2) is 0 Å². The highest BCUT2D eigenvalue weighted by Gasteiger charge is 2.19. The lowest BCUT2D eigenvalue weighted by atomic mass is 10.0. The van der Waals surface area contributed by atoms with E-state index in [4.69, 9.17) is 14.2 Å². The number of ether oxygens (including phenoxy) is 3. The van der Waals surface area contributed by atoms with Gasteiger partial charge in [0.2, 0.25) is 0 Å². The van der Waals surface area contributed by atoms with Crippen molar-refractivity contribution in [2.45, 2.75) is 310 Å². The Labute approximate surface area is 380 Å². The van der Waals surface area contributed by atoms with Crippen LogP contribution in [0.3, 0.4) is 0 Å². The second kappa shape index (κ2) is 47.9. The van der Waals surface area contributed by atoms with Crippen LogP contribution >= 0.6 is 0 Å². The topological polar surface area (TPSA) is 78.9 Å². The van der Waals surface area contributed by atoms with E-state index in [-0.39, 0.29) is 31.1 Å². The zero-order valence-electron chi connectivity index (χ0n) is 41.8. The van der Waals surface area contributed by atoms with E-state index in [9.17, 15) is 14.4 Å². The van der Waals surface area contributed by atoms with Crippen LogP contribution in [0.2, 0.25) is 0 Å². The summed E-state index contributed by atoms with van der Waals surface area (Å²) in [6, 6.07) is 0. The molecule has 0 unspecified atom stereocenters. The minimum Gasteiger partial charge on any atom is -0.462 e. The molecule has 1 atom stereocenters. The molecule has 0 saturated carbocycles. The van der Waals surface area contributed by atoms with Gasteiger partial charge >= 0.3 is 17.9 Å². The van der Waals surface area contributed by atoms with Gasteiger partial charge < -0.3 is 14.2 Å². The lowest BCUT2D eigenvalue weighted by molar-refractivity contribution is -0.167. The van der Waals surface area contributed by atoms with Gasteiger partial charge in [-0.25, -0.2) is 0 Å². The van der Waals surface area contributed by atoms with Crippen molar-refractivity contribution < 1.29 is 28.6 Å². The van der Waals surface area contributed by atoms with Crippen molar-refractivity contribution in [3.8, 4) is 0 Å². The van der Waals surface area contributed by atoms with Crippen molar-refractivity contribution in [2.24, 2.45) is 11.8 Å². The SMILES string of the molecule is CCCCCCCCCCCCCCCCC(=O)OC[C@H](COC(=O)CCCCCCCCCCCCCCC(C)C)OC(=O)CCCCCCCCCCCCCC(C)C. The molecule has 362 valence electrons. The smallest absolute Gasteiger partial charge is 0.306 e.